The SMILES string of the molecule is C#CCn1c(=NC(=O)Cc2ccc3c(c2)OCO3)sc2cc3c(cc21)OCCO3. The van der Waals surface area contributed by atoms with Crippen molar-refractivity contribution in [2.24, 2.45) is 4.99 Å². The molecule has 7 nitrogen and oxygen atoms in total. The Hall–Kier alpha value is -3.44. The maximum absolute atomic E-state index is 12.6. The van der Waals surface area contributed by atoms with Gasteiger partial charge in [-0.2, -0.15) is 4.99 Å². The van der Waals surface area contributed by atoms with Gasteiger partial charge in [0.05, 0.1) is 23.2 Å². The second-order valence-electron chi connectivity index (χ2n) is 6.51. The minimum absolute atomic E-state index is 0.156. The standard InChI is InChI=1S/C21H16N2O5S/c1-2-5-23-14-10-17-18(26-7-6-25-17)11-19(14)29-21(23)22-20(24)9-13-3-4-15-16(8-13)28-12-27-15/h1,3-4,8,10-11H,5-7,9,12H2. The molecule has 1 aromatic heterocycles. The Morgan fingerprint density at radius 3 is 2.66 bits per heavy atom. The number of aromatic nitrogens is 1. The largest absolute Gasteiger partial charge is 0.486 e. The summed E-state index contributed by atoms with van der Waals surface area (Å²) in [5.74, 6) is 5.05. The molecule has 2 aromatic carbocycles. The lowest BCUT2D eigenvalue weighted by Gasteiger charge is -2.18. The summed E-state index contributed by atoms with van der Waals surface area (Å²) in [6.07, 6.45) is 5.71. The fourth-order valence-electron chi connectivity index (χ4n) is 3.31. The van der Waals surface area contributed by atoms with Crippen molar-refractivity contribution < 1.29 is 23.7 Å². The van der Waals surface area contributed by atoms with Gasteiger partial charge in [-0.25, -0.2) is 0 Å². The number of carbonyl (C=O) groups is 1. The minimum atomic E-state index is -0.265. The molecule has 0 aliphatic carbocycles. The van der Waals surface area contributed by atoms with E-state index >= 15 is 0 Å². The molecule has 0 bridgehead atoms. The molecule has 0 atom stereocenters. The van der Waals surface area contributed by atoms with E-state index in [1.807, 2.05) is 22.8 Å². The molecule has 2 aliphatic heterocycles. The zero-order chi connectivity index (χ0) is 19.8. The number of benzene rings is 2. The van der Waals surface area contributed by atoms with Crippen molar-refractivity contribution in [3.05, 3.63) is 40.7 Å². The first-order valence-electron chi connectivity index (χ1n) is 9.04. The lowest BCUT2D eigenvalue weighted by atomic mass is 10.1. The Bertz CT molecular complexity index is 1230. The highest BCUT2D eigenvalue weighted by Gasteiger charge is 2.17. The summed E-state index contributed by atoms with van der Waals surface area (Å²) in [6.45, 7) is 1.51. The van der Waals surface area contributed by atoms with Crippen molar-refractivity contribution >= 4 is 27.5 Å². The zero-order valence-corrected chi connectivity index (χ0v) is 16.2. The molecule has 0 N–H and O–H groups in total. The first kappa shape index (κ1) is 17.6. The molecule has 0 fully saturated rings. The molecule has 146 valence electrons. The summed E-state index contributed by atoms with van der Waals surface area (Å²) in [5.41, 5.74) is 1.68. The molecule has 3 heterocycles. The molecule has 0 unspecified atom stereocenters. The first-order valence-corrected chi connectivity index (χ1v) is 9.85. The van der Waals surface area contributed by atoms with E-state index in [-0.39, 0.29) is 19.1 Å². The Labute approximate surface area is 170 Å². The summed E-state index contributed by atoms with van der Waals surface area (Å²) in [4.78, 5) is 17.5. The molecule has 1 amide bonds. The van der Waals surface area contributed by atoms with E-state index in [0.717, 1.165) is 15.8 Å². The van der Waals surface area contributed by atoms with E-state index in [0.29, 0.717) is 47.6 Å². The molecule has 3 aromatic rings. The smallest absolute Gasteiger partial charge is 0.252 e. The van der Waals surface area contributed by atoms with Crippen molar-refractivity contribution in [2.45, 2.75) is 13.0 Å². The number of hydrogen-bond donors (Lipinski definition) is 0. The predicted octanol–water partition coefficient (Wildman–Crippen LogP) is 2.51. The lowest BCUT2D eigenvalue weighted by molar-refractivity contribution is -0.117. The van der Waals surface area contributed by atoms with Crippen LogP contribution in [-0.2, 0) is 17.8 Å². The third-order valence-electron chi connectivity index (χ3n) is 4.61. The Morgan fingerprint density at radius 2 is 1.83 bits per heavy atom. The number of hydrogen-bond acceptors (Lipinski definition) is 6. The number of nitrogens with zero attached hydrogens (tertiary/aromatic N) is 2. The number of ether oxygens (including phenoxy) is 4. The van der Waals surface area contributed by atoms with Gasteiger partial charge >= 0.3 is 0 Å². The third kappa shape index (κ3) is 3.30. The van der Waals surface area contributed by atoms with Gasteiger partial charge in [0.25, 0.3) is 5.91 Å². The zero-order valence-electron chi connectivity index (χ0n) is 15.3. The van der Waals surface area contributed by atoms with Crippen LogP contribution in [0, 0.1) is 12.3 Å². The van der Waals surface area contributed by atoms with Gasteiger partial charge in [-0.3, -0.25) is 4.79 Å². The molecule has 0 saturated carbocycles. The molecule has 8 heteroatoms. The van der Waals surface area contributed by atoms with E-state index in [2.05, 4.69) is 10.9 Å². The van der Waals surface area contributed by atoms with Crippen LogP contribution in [0.4, 0.5) is 0 Å². The van der Waals surface area contributed by atoms with Crippen LogP contribution >= 0.6 is 11.3 Å². The van der Waals surface area contributed by atoms with Crippen LogP contribution in [0.25, 0.3) is 10.2 Å². The number of fused-ring (bicyclic) bond motifs is 3. The van der Waals surface area contributed by atoms with Gasteiger partial charge in [0.2, 0.25) is 6.79 Å². The van der Waals surface area contributed by atoms with Gasteiger partial charge in [0, 0.05) is 12.1 Å². The average molecular weight is 408 g/mol. The van der Waals surface area contributed by atoms with Crippen LogP contribution in [-0.4, -0.2) is 30.5 Å². The van der Waals surface area contributed by atoms with Crippen LogP contribution < -0.4 is 23.7 Å². The molecule has 29 heavy (non-hydrogen) atoms. The van der Waals surface area contributed by atoms with Gasteiger partial charge in [0.15, 0.2) is 27.8 Å². The molecule has 0 spiro atoms. The van der Waals surface area contributed by atoms with Crippen LogP contribution in [0.5, 0.6) is 23.0 Å². The number of thiazole rings is 1. The van der Waals surface area contributed by atoms with Crippen LogP contribution in [0.1, 0.15) is 5.56 Å². The second kappa shape index (κ2) is 7.18. The Morgan fingerprint density at radius 1 is 1.07 bits per heavy atom. The van der Waals surface area contributed by atoms with Crippen LogP contribution in [0.2, 0.25) is 0 Å². The van der Waals surface area contributed by atoms with E-state index in [4.69, 9.17) is 25.4 Å². The highest BCUT2D eigenvalue weighted by molar-refractivity contribution is 7.16. The average Bonchev–Trinajstić information content (AvgIpc) is 3.31. The highest BCUT2D eigenvalue weighted by atomic mass is 32.1. The van der Waals surface area contributed by atoms with E-state index < -0.39 is 0 Å². The van der Waals surface area contributed by atoms with Crippen LogP contribution in [0.3, 0.4) is 0 Å². The molecule has 0 radical (unpaired) electrons. The lowest BCUT2D eigenvalue weighted by Crippen LogP contribution is -2.17. The number of carbonyl (C=O) groups excluding carboxylic acids is 1. The number of amides is 1. The fourth-order valence-corrected chi connectivity index (χ4v) is 4.36. The summed E-state index contributed by atoms with van der Waals surface area (Å²) in [6, 6.07) is 9.23. The number of terminal acetylenes is 1. The molecule has 0 saturated heterocycles. The van der Waals surface area contributed by atoms with Gasteiger partial charge in [0.1, 0.15) is 13.2 Å². The van der Waals surface area contributed by atoms with Crippen molar-refractivity contribution in [1.29, 1.82) is 0 Å². The highest BCUT2D eigenvalue weighted by Crippen LogP contribution is 2.35. The van der Waals surface area contributed by atoms with E-state index in [9.17, 15) is 4.79 Å². The summed E-state index contributed by atoms with van der Waals surface area (Å²) in [5, 5.41) is 0. The predicted molar refractivity (Wildman–Crippen MR) is 106 cm³/mol. The summed E-state index contributed by atoms with van der Waals surface area (Å²) in [7, 11) is 0. The normalized spacial score (nSPS) is 14.8. The van der Waals surface area contributed by atoms with E-state index in [1.54, 1.807) is 12.1 Å². The Kier molecular flexibility index (Phi) is 4.37. The molecular formula is C21H16N2O5S. The van der Waals surface area contributed by atoms with Gasteiger partial charge in [-0.15, -0.1) is 6.42 Å². The van der Waals surface area contributed by atoms with Crippen molar-refractivity contribution in [3.63, 3.8) is 0 Å². The fraction of sp³-hybridized carbons (Fsp3) is 0.238. The van der Waals surface area contributed by atoms with Crippen molar-refractivity contribution in [3.8, 4) is 35.3 Å². The minimum Gasteiger partial charge on any atom is -0.486 e. The second-order valence-corrected chi connectivity index (χ2v) is 7.52. The summed E-state index contributed by atoms with van der Waals surface area (Å²) >= 11 is 1.40. The number of rotatable bonds is 3. The third-order valence-corrected chi connectivity index (χ3v) is 5.65. The van der Waals surface area contributed by atoms with Gasteiger partial charge < -0.3 is 23.5 Å². The van der Waals surface area contributed by atoms with Crippen molar-refractivity contribution in [2.75, 3.05) is 20.0 Å². The van der Waals surface area contributed by atoms with Gasteiger partial charge in [-0.1, -0.05) is 23.3 Å². The topological polar surface area (TPSA) is 71.3 Å². The van der Waals surface area contributed by atoms with E-state index in [1.165, 1.54) is 11.3 Å². The first-order chi connectivity index (χ1) is 14.2. The van der Waals surface area contributed by atoms with Crippen LogP contribution in [0.15, 0.2) is 35.3 Å². The molecule has 5 rings (SSSR count). The van der Waals surface area contributed by atoms with Gasteiger partial charge in [-0.05, 0) is 17.7 Å². The maximum Gasteiger partial charge on any atom is 0.252 e. The molecule has 2 aliphatic rings. The monoisotopic (exact) mass is 408 g/mol. The summed E-state index contributed by atoms with van der Waals surface area (Å²) < 4.78 is 24.8. The quantitative estimate of drug-likeness (QED) is 0.623. The Balaban J connectivity index is 1.51. The van der Waals surface area contributed by atoms with Crippen molar-refractivity contribution in [1.82, 2.24) is 4.57 Å². The maximum atomic E-state index is 12.6. The molecular weight excluding hydrogens is 392 g/mol.